The van der Waals surface area contributed by atoms with Crippen molar-refractivity contribution in [2.24, 2.45) is 5.92 Å². The molecule has 29 heavy (non-hydrogen) atoms. The van der Waals surface area contributed by atoms with E-state index >= 15 is 0 Å². The zero-order chi connectivity index (χ0) is 21.4. The van der Waals surface area contributed by atoms with Crippen molar-refractivity contribution >= 4 is 17.5 Å². The molecule has 5 heteroatoms. The van der Waals surface area contributed by atoms with Gasteiger partial charge in [-0.15, -0.1) is 0 Å². The van der Waals surface area contributed by atoms with Crippen LogP contribution < -0.4 is 10.6 Å². The molecule has 0 spiro atoms. The molecule has 5 nitrogen and oxygen atoms in total. The molecule has 2 aromatic carbocycles. The lowest BCUT2D eigenvalue weighted by Gasteiger charge is -2.23. The summed E-state index contributed by atoms with van der Waals surface area (Å²) in [4.78, 5) is 25.9. The summed E-state index contributed by atoms with van der Waals surface area (Å²) in [7, 11) is 3.43. The maximum Gasteiger partial charge on any atom is 0.253 e. The van der Waals surface area contributed by atoms with E-state index in [1.54, 1.807) is 38.4 Å². The van der Waals surface area contributed by atoms with E-state index in [9.17, 15) is 9.59 Å². The summed E-state index contributed by atoms with van der Waals surface area (Å²) in [6, 6.07) is 15.7. The number of carbonyl (C=O) groups excluding carboxylic acids is 2. The molecule has 0 radical (unpaired) electrons. The molecule has 0 bridgehead atoms. The van der Waals surface area contributed by atoms with E-state index < -0.39 is 0 Å². The molecular formula is C24H33N3O2. The Morgan fingerprint density at radius 1 is 0.966 bits per heavy atom. The molecule has 2 N–H and O–H groups in total. The summed E-state index contributed by atoms with van der Waals surface area (Å²) in [5, 5.41) is 6.26. The maximum atomic E-state index is 12.4. The van der Waals surface area contributed by atoms with Gasteiger partial charge < -0.3 is 15.5 Å². The van der Waals surface area contributed by atoms with Crippen LogP contribution in [0, 0.1) is 5.92 Å². The van der Waals surface area contributed by atoms with E-state index in [1.807, 2.05) is 0 Å². The summed E-state index contributed by atoms with van der Waals surface area (Å²) in [6.07, 6.45) is 2.22. The van der Waals surface area contributed by atoms with Crippen LogP contribution in [0.3, 0.4) is 0 Å². The van der Waals surface area contributed by atoms with Crippen LogP contribution in [0.25, 0.3) is 0 Å². The maximum absolute atomic E-state index is 12.4. The predicted molar refractivity (Wildman–Crippen MR) is 119 cm³/mol. The molecule has 2 amide bonds. The molecule has 0 heterocycles. The molecule has 156 valence electrons. The van der Waals surface area contributed by atoms with Gasteiger partial charge in [0.1, 0.15) is 0 Å². The molecule has 0 aliphatic carbocycles. The molecule has 2 aromatic rings. The average Bonchev–Trinajstić information content (AvgIpc) is 2.69. The first kappa shape index (κ1) is 22.6. The van der Waals surface area contributed by atoms with Crippen molar-refractivity contribution in [2.75, 3.05) is 26.0 Å². The minimum absolute atomic E-state index is 0.0609. The summed E-state index contributed by atoms with van der Waals surface area (Å²) in [5.41, 5.74) is 3.81. The number of anilines is 1. The SMILES string of the molecule is CCCc1ccc([C@@H](NCC(=O)Nc2ccc(C(=O)N(C)C)cc2)C(C)C)cc1. The highest BCUT2D eigenvalue weighted by atomic mass is 16.2. The number of carbonyl (C=O) groups is 2. The number of amides is 2. The van der Waals surface area contributed by atoms with Crippen molar-refractivity contribution in [2.45, 2.75) is 39.7 Å². The van der Waals surface area contributed by atoms with Gasteiger partial charge in [0.25, 0.3) is 5.91 Å². The predicted octanol–water partition coefficient (Wildman–Crippen LogP) is 4.27. The van der Waals surface area contributed by atoms with Crippen LogP contribution in [-0.2, 0) is 11.2 Å². The monoisotopic (exact) mass is 395 g/mol. The molecule has 0 saturated carbocycles. The summed E-state index contributed by atoms with van der Waals surface area (Å²) in [6.45, 7) is 6.70. The molecule has 0 unspecified atom stereocenters. The molecule has 0 saturated heterocycles. The van der Waals surface area contributed by atoms with Gasteiger partial charge in [-0.05, 0) is 47.7 Å². The highest BCUT2D eigenvalue weighted by Crippen LogP contribution is 2.22. The van der Waals surface area contributed by atoms with E-state index in [0.29, 0.717) is 17.2 Å². The number of hydrogen-bond donors (Lipinski definition) is 2. The Hall–Kier alpha value is -2.66. The van der Waals surface area contributed by atoms with Gasteiger partial charge in [0.05, 0.1) is 6.54 Å². The van der Waals surface area contributed by atoms with Crippen LogP contribution in [-0.4, -0.2) is 37.4 Å². The van der Waals surface area contributed by atoms with Gasteiger partial charge in [-0.25, -0.2) is 0 Å². The summed E-state index contributed by atoms with van der Waals surface area (Å²) in [5.74, 6) is 0.190. The third-order valence-corrected chi connectivity index (χ3v) is 4.85. The lowest BCUT2D eigenvalue weighted by Crippen LogP contribution is -2.33. The smallest absolute Gasteiger partial charge is 0.253 e. The molecule has 2 rings (SSSR count). The van der Waals surface area contributed by atoms with E-state index in [4.69, 9.17) is 0 Å². The van der Waals surface area contributed by atoms with Gasteiger partial charge in [-0.2, -0.15) is 0 Å². The Kier molecular flexibility index (Phi) is 8.40. The number of benzene rings is 2. The second-order valence-electron chi connectivity index (χ2n) is 7.92. The largest absolute Gasteiger partial charge is 0.345 e. The van der Waals surface area contributed by atoms with E-state index in [1.165, 1.54) is 16.0 Å². The van der Waals surface area contributed by atoms with Gasteiger partial charge in [0.2, 0.25) is 5.91 Å². The van der Waals surface area contributed by atoms with Gasteiger partial charge in [0, 0.05) is 31.4 Å². The van der Waals surface area contributed by atoms with E-state index in [0.717, 1.165) is 12.8 Å². The third-order valence-electron chi connectivity index (χ3n) is 4.85. The fraction of sp³-hybridized carbons (Fsp3) is 0.417. The lowest BCUT2D eigenvalue weighted by molar-refractivity contribution is -0.115. The quantitative estimate of drug-likeness (QED) is 0.667. The van der Waals surface area contributed by atoms with Crippen LogP contribution in [0.15, 0.2) is 48.5 Å². The standard InChI is InChI=1S/C24H33N3O2/c1-6-7-18-8-10-19(11-9-18)23(17(2)3)25-16-22(28)26-21-14-12-20(13-15-21)24(29)27(4)5/h8-15,17,23,25H,6-7,16H2,1-5H3,(H,26,28)/t23-/m0/s1. The fourth-order valence-electron chi connectivity index (χ4n) is 3.28. The molecular weight excluding hydrogens is 362 g/mol. The van der Waals surface area contributed by atoms with Gasteiger partial charge in [-0.3, -0.25) is 9.59 Å². The molecule has 0 fully saturated rings. The second kappa shape index (κ2) is 10.8. The van der Waals surface area contributed by atoms with Gasteiger partial charge >= 0.3 is 0 Å². The minimum atomic E-state index is -0.107. The highest BCUT2D eigenvalue weighted by Gasteiger charge is 2.17. The topological polar surface area (TPSA) is 61.4 Å². The first-order valence-electron chi connectivity index (χ1n) is 10.3. The Labute approximate surface area is 174 Å². The van der Waals surface area contributed by atoms with Crippen molar-refractivity contribution in [3.8, 4) is 0 Å². The number of rotatable bonds is 9. The fourth-order valence-corrected chi connectivity index (χ4v) is 3.28. The first-order valence-corrected chi connectivity index (χ1v) is 10.3. The van der Waals surface area contributed by atoms with Crippen LogP contribution >= 0.6 is 0 Å². The number of nitrogens with one attached hydrogen (secondary N) is 2. The Bertz CT molecular complexity index is 796. The Balaban J connectivity index is 1.94. The number of nitrogens with zero attached hydrogens (tertiary/aromatic N) is 1. The van der Waals surface area contributed by atoms with Crippen molar-refractivity contribution in [3.63, 3.8) is 0 Å². The normalized spacial score (nSPS) is 11.9. The first-order chi connectivity index (χ1) is 13.8. The van der Waals surface area contributed by atoms with Crippen LogP contribution in [0.5, 0.6) is 0 Å². The summed E-state index contributed by atoms with van der Waals surface area (Å²) >= 11 is 0. The van der Waals surface area contributed by atoms with Gasteiger partial charge in [0.15, 0.2) is 0 Å². The molecule has 0 aliphatic rings. The lowest BCUT2D eigenvalue weighted by atomic mass is 9.94. The van der Waals surface area contributed by atoms with Crippen molar-refractivity contribution in [3.05, 3.63) is 65.2 Å². The zero-order valence-corrected chi connectivity index (χ0v) is 18.2. The zero-order valence-electron chi connectivity index (χ0n) is 18.2. The third kappa shape index (κ3) is 6.71. The highest BCUT2D eigenvalue weighted by molar-refractivity contribution is 5.96. The molecule has 1 atom stereocenters. The van der Waals surface area contributed by atoms with E-state index in [2.05, 4.69) is 55.7 Å². The van der Waals surface area contributed by atoms with E-state index in [-0.39, 0.29) is 24.4 Å². The van der Waals surface area contributed by atoms with Crippen LogP contribution in [0.4, 0.5) is 5.69 Å². The average molecular weight is 396 g/mol. The number of aryl methyl sites for hydroxylation is 1. The van der Waals surface area contributed by atoms with Crippen molar-refractivity contribution in [1.29, 1.82) is 0 Å². The van der Waals surface area contributed by atoms with Crippen molar-refractivity contribution in [1.82, 2.24) is 10.2 Å². The van der Waals surface area contributed by atoms with Gasteiger partial charge in [-0.1, -0.05) is 51.5 Å². The molecule has 0 aromatic heterocycles. The number of hydrogen-bond acceptors (Lipinski definition) is 3. The Morgan fingerprint density at radius 3 is 2.10 bits per heavy atom. The second-order valence-corrected chi connectivity index (χ2v) is 7.92. The Morgan fingerprint density at radius 2 is 1.59 bits per heavy atom. The minimum Gasteiger partial charge on any atom is -0.345 e. The van der Waals surface area contributed by atoms with Crippen LogP contribution in [0.1, 0.15) is 54.7 Å². The molecule has 0 aliphatic heterocycles. The summed E-state index contributed by atoms with van der Waals surface area (Å²) < 4.78 is 0. The van der Waals surface area contributed by atoms with Crippen molar-refractivity contribution < 1.29 is 9.59 Å². The van der Waals surface area contributed by atoms with Crippen LogP contribution in [0.2, 0.25) is 0 Å².